The van der Waals surface area contributed by atoms with Gasteiger partial charge in [-0.25, -0.2) is 9.97 Å². The van der Waals surface area contributed by atoms with E-state index in [4.69, 9.17) is 4.74 Å². The number of ether oxygens (including phenoxy) is 1. The summed E-state index contributed by atoms with van der Waals surface area (Å²) in [5.74, 6) is 2.17. The van der Waals surface area contributed by atoms with Gasteiger partial charge < -0.3 is 15.2 Å². The Morgan fingerprint density at radius 1 is 1.36 bits per heavy atom. The van der Waals surface area contributed by atoms with Crippen LogP contribution in [0.25, 0.3) is 0 Å². The first-order valence-corrected chi connectivity index (χ1v) is 8.27. The number of aromatic nitrogens is 2. The summed E-state index contributed by atoms with van der Waals surface area (Å²) in [6.07, 6.45) is 0.828. The lowest BCUT2D eigenvalue weighted by Gasteiger charge is -2.20. The molecule has 0 saturated carbocycles. The monoisotopic (exact) mass is 340 g/mol. The molecule has 2 aliphatic rings. The molecule has 130 valence electrons. The second-order valence-electron chi connectivity index (χ2n) is 6.75. The number of fused-ring (bicyclic) bond motifs is 2. The number of amides is 1. The fraction of sp³-hybridized carbons (Fsp3) is 0.389. The van der Waals surface area contributed by atoms with E-state index in [9.17, 15) is 9.90 Å². The predicted molar refractivity (Wildman–Crippen MR) is 93.3 cm³/mol. The first-order chi connectivity index (χ1) is 12.0. The van der Waals surface area contributed by atoms with Crippen LogP contribution in [0.1, 0.15) is 30.8 Å². The molecule has 0 unspecified atom stereocenters. The van der Waals surface area contributed by atoms with Crippen LogP contribution in [0.4, 0.5) is 17.3 Å². The summed E-state index contributed by atoms with van der Waals surface area (Å²) in [4.78, 5) is 23.6. The molecule has 1 aromatic carbocycles. The van der Waals surface area contributed by atoms with Crippen LogP contribution in [0.15, 0.2) is 18.2 Å². The highest BCUT2D eigenvalue weighted by atomic mass is 16.5. The molecule has 0 aliphatic carbocycles. The van der Waals surface area contributed by atoms with Gasteiger partial charge in [-0.1, -0.05) is 0 Å². The highest BCUT2D eigenvalue weighted by Crippen LogP contribution is 2.47. The number of hydrogen-bond acceptors (Lipinski definition) is 6. The molecule has 7 heteroatoms. The highest BCUT2D eigenvalue weighted by molar-refractivity contribution is 6.12. The molecule has 25 heavy (non-hydrogen) atoms. The average molecular weight is 340 g/mol. The first-order valence-electron chi connectivity index (χ1n) is 8.27. The van der Waals surface area contributed by atoms with Crippen molar-refractivity contribution in [1.29, 1.82) is 0 Å². The summed E-state index contributed by atoms with van der Waals surface area (Å²) in [6.45, 7) is 4.11. The van der Waals surface area contributed by atoms with E-state index in [0.717, 1.165) is 29.0 Å². The van der Waals surface area contributed by atoms with Gasteiger partial charge in [-0.15, -0.1) is 0 Å². The van der Waals surface area contributed by atoms with Crippen molar-refractivity contribution >= 4 is 23.2 Å². The zero-order valence-corrected chi connectivity index (χ0v) is 14.5. The lowest BCUT2D eigenvalue weighted by molar-refractivity contribution is -0.121. The number of nitrogens with zero attached hydrogens (tertiary/aromatic N) is 3. The third-order valence-corrected chi connectivity index (χ3v) is 4.82. The Bertz CT molecular complexity index is 879. The topological polar surface area (TPSA) is 87.6 Å². The lowest BCUT2D eigenvalue weighted by Crippen LogP contribution is -2.33. The van der Waals surface area contributed by atoms with Gasteiger partial charge in [0.25, 0.3) is 0 Å². The molecule has 0 fully saturated rings. The van der Waals surface area contributed by atoms with E-state index < -0.39 is 5.41 Å². The Kier molecular flexibility index (Phi) is 3.43. The van der Waals surface area contributed by atoms with Crippen molar-refractivity contribution in [1.82, 2.24) is 9.97 Å². The maximum atomic E-state index is 13.2. The van der Waals surface area contributed by atoms with Crippen molar-refractivity contribution in [3.8, 4) is 5.75 Å². The summed E-state index contributed by atoms with van der Waals surface area (Å²) >= 11 is 0. The summed E-state index contributed by atoms with van der Waals surface area (Å²) in [5.41, 5.74) is 1.82. The minimum Gasteiger partial charge on any atom is -0.493 e. The Balaban J connectivity index is 1.93. The Morgan fingerprint density at radius 2 is 2.16 bits per heavy atom. The van der Waals surface area contributed by atoms with E-state index in [-0.39, 0.29) is 18.3 Å². The number of rotatable bonds is 3. The van der Waals surface area contributed by atoms with Gasteiger partial charge in [0.05, 0.1) is 23.3 Å². The van der Waals surface area contributed by atoms with E-state index in [0.29, 0.717) is 18.2 Å². The van der Waals surface area contributed by atoms with Gasteiger partial charge in [0.1, 0.15) is 24.0 Å². The first kappa shape index (κ1) is 15.8. The van der Waals surface area contributed by atoms with E-state index in [1.165, 1.54) is 0 Å². The van der Waals surface area contributed by atoms with E-state index in [1.54, 1.807) is 11.9 Å². The number of benzene rings is 1. The molecule has 0 saturated heterocycles. The van der Waals surface area contributed by atoms with E-state index >= 15 is 0 Å². The van der Waals surface area contributed by atoms with Gasteiger partial charge in [0.15, 0.2) is 5.82 Å². The largest absolute Gasteiger partial charge is 0.493 e. The minimum atomic E-state index is -0.767. The molecule has 2 N–H and O–H groups in total. The minimum absolute atomic E-state index is 0.0674. The van der Waals surface area contributed by atoms with Crippen molar-refractivity contribution in [2.45, 2.75) is 32.3 Å². The van der Waals surface area contributed by atoms with Crippen LogP contribution in [0.2, 0.25) is 0 Å². The smallest absolute Gasteiger partial charge is 0.243 e. The summed E-state index contributed by atoms with van der Waals surface area (Å²) in [6, 6.07) is 5.74. The fourth-order valence-electron chi connectivity index (χ4n) is 3.52. The van der Waals surface area contributed by atoms with Crippen LogP contribution in [-0.4, -0.2) is 34.6 Å². The quantitative estimate of drug-likeness (QED) is 0.887. The van der Waals surface area contributed by atoms with Crippen LogP contribution < -0.4 is 15.0 Å². The molecule has 0 bridgehead atoms. The Hall–Kier alpha value is -2.67. The van der Waals surface area contributed by atoms with Gasteiger partial charge >= 0.3 is 0 Å². The number of carbonyl (C=O) groups is 1. The standard InChI is InChI=1S/C18H20N4O3/c1-18(2)14-15(19-3)20-13(9-23)21-16(14)22(17(18)24)11-4-5-12-10(8-11)6-7-25-12/h4-5,8,23H,6-7,9H2,1-3H3,(H,19,20,21). The van der Waals surface area contributed by atoms with Gasteiger partial charge in [0.2, 0.25) is 5.91 Å². The van der Waals surface area contributed by atoms with Gasteiger partial charge in [-0.2, -0.15) is 0 Å². The molecule has 2 aromatic rings. The normalized spacial score (nSPS) is 17.3. The lowest BCUT2D eigenvalue weighted by atomic mass is 9.87. The molecule has 4 rings (SSSR count). The zero-order chi connectivity index (χ0) is 17.8. The molecule has 0 spiro atoms. The molecule has 7 nitrogen and oxygen atoms in total. The molecule has 0 radical (unpaired) electrons. The molecular formula is C18H20N4O3. The van der Waals surface area contributed by atoms with Crippen LogP contribution in [-0.2, 0) is 23.2 Å². The SMILES string of the molecule is CNc1nc(CO)nc2c1C(C)(C)C(=O)N2c1ccc2c(c1)CCO2. The molecule has 2 aliphatic heterocycles. The predicted octanol–water partition coefficient (Wildman–Crippen LogP) is 1.90. The van der Waals surface area contributed by atoms with Crippen LogP contribution in [0, 0.1) is 0 Å². The highest BCUT2D eigenvalue weighted by Gasteiger charge is 2.48. The maximum Gasteiger partial charge on any atom is 0.243 e. The second kappa shape index (κ2) is 5.42. The molecule has 1 aromatic heterocycles. The average Bonchev–Trinajstić information content (AvgIpc) is 3.15. The van der Waals surface area contributed by atoms with Crippen molar-refractivity contribution in [2.75, 3.05) is 23.9 Å². The molecule has 0 atom stereocenters. The second-order valence-corrected chi connectivity index (χ2v) is 6.75. The van der Waals surface area contributed by atoms with Gasteiger partial charge in [0, 0.05) is 13.5 Å². The van der Waals surface area contributed by atoms with Crippen molar-refractivity contribution < 1.29 is 14.6 Å². The summed E-state index contributed by atoms with van der Waals surface area (Å²) < 4.78 is 5.55. The third-order valence-electron chi connectivity index (χ3n) is 4.82. The summed E-state index contributed by atoms with van der Waals surface area (Å²) in [5, 5.41) is 12.5. The third kappa shape index (κ3) is 2.19. The van der Waals surface area contributed by atoms with Crippen LogP contribution in [0.5, 0.6) is 5.75 Å². The number of aliphatic hydroxyl groups is 1. The zero-order valence-electron chi connectivity index (χ0n) is 14.5. The molecule has 1 amide bonds. The number of hydrogen-bond donors (Lipinski definition) is 2. The maximum absolute atomic E-state index is 13.2. The van der Waals surface area contributed by atoms with Crippen molar-refractivity contribution in [2.24, 2.45) is 0 Å². The number of carbonyl (C=O) groups excluding carboxylic acids is 1. The molecule has 3 heterocycles. The number of nitrogens with one attached hydrogen (secondary N) is 1. The Morgan fingerprint density at radius 3 is 2.88 bits per heavy atom. The number of anilines is 3. The van der Waals surface area contributed by atoms with Gasteiger partial charge in [-0.05, 0) is 37.6 Å². The van der Waals surface area contributed by atoms with E-state index in [1.807, 2.05) is 32.0 Å². The van der Waals surface area contributed by atoms with Crippen LogP contribution in [0.3, 0.4) is 0 Å². The van der Waals surface area contributed by atoms with Crippen molar-refractivity contribution in [3.05, 3.63) is 35.2 Å². The Labute approximate surface area is 145 Å². The van der Waals surface area contributed by atoms with E-state index in [2.05, 4.69) is 15.3 Å². The van der Waals surface area contributed by atoms with Crippen LogP contribution >= 0.6 is 0 Å². The fourth-order valence-corrected chi connectivity index (χ4v) is 3.52. The van der Waals surface area contributed by atoms with Crippen molar-refractivity contribution in [3.63, 3.8) is 0 Å². The molecular weight excluding hydrogens is 320 g/mol. The summed E-state index contributed by atoms with van der Waals surface area (Å²) in [7, 11) is 1.75. The van der Waals surface area contributed by atoms with Gasteiger partial charge in [-0.3, -0.25) is 9.69 Å². The number of aliphatic hydroxyl groups excluding tert-OH is 1.